The van der Waals surface area contributed by atoms with Crippen LogP contribution in [0.3, 0.4) is 0 Å². The van der Waals surface area contributed by atoms with Crippen LogP contribution in [0.15, 0.2) is 96.3 Å². The van der Waals surface area contributed by atoms with Crippen molar-refractivity contribution in [3.63, 3.8) is 0 Å². The monoisotopic (exact) mass is 571 g/mol. The van der Waals surface area contributed by atoms with Gasteiger partial charge in [-0.05, 0) is 89.8 Å². The predicted octanol–water partition coefficient (Wildman–Crippen LogP) is 6.73. The molecule has 1 heterocycles. The van der Waals surface area contributed by atoms with E-state index in [9.17, 15) is 9.35 Å². The predicted molar refractivity (Wildman–Crippen MR) is 165 cm³/mol. The van der Waals surface area contributed by atoms with E-state index in [2.05, 4.69) is 17.2 Å². The largest absolute Gasteiger partial charge is 0.611 e. The third-order valence-corrected chi connectivity index (χ3v) is 7.80. The Morgan fingerprint density at radius 3 is 2.56 bits per heavy atom. The molecule has 0 spiro atoms. The maximum Gasteiger partial charge on any atom is 0.248 e. The van der Waals surface area contributed by atoms with Gasteiger partial charge in [-0.25, -0.2) is 4.98 Å². The highest BCUT2D eigenvalue weighted by Crippen LogP contribution is 2.24. The number of aryl methyl sites for hydroxylation is 1. The van der Waals surface area contributed by atoms with Crippen molar-refractivity contribution >= 4 is 28.8 Å². The quantitative estimate of drug-likeness (QED) is 0.0972. The summed E-state index contributed by atoms with van der Waals surface area (Å²) in [5.74, 6) is 0.966. The zero-order chi connectivity index (χ0) is 28.9. The number of carbonyl (C=O) groups is 1. The normalized spacial score (nSPS) is 12.0. The van der Waals surface area contributed by atoms with Gasteiger partial charge in [0.15, 0.2) is 10.6 Å². The lowest BCUT2D eigenvalue weighted by Gasteiger charge is -2.12. The smallest absolute Gasteiger partial charge is 0.248 e. The number of rotatable bonds is 15. The Morgan fingerprint density at radius 1 is 1.00 bits per heavy atom. The lowest BCUT2D eigenvalue weighted by atomic mass is 10.0. The number of nitrogens with one attached hydrogen (secondary N) is 1. The SMILES string of the molecule is CCCCOCCOc1ccc(-c2cccc(/C=C/C(=O)Nc3ccc([S@+]([O-])Cc4cncn4CC)cc3)c2)cc1. The van der Waals surface area contributed by atoms with Gasteiger partial charge in [-0.15, -0.1) is 0 Å². The Morgan fingerprint density at radius 2 is 1.80 bits per heavy atom. The van der Waals surface area contributed by atoms with Crippen molar-refractivity contribution in [2.24, 2.45) is 0 Å². The maximum atomic E-state index is 12.8. The summed E-state index contributed by atoms with van der Waals surface area (Å²) in [7, 11) is 0. The van der Waals surface area contributed by atoms with Gasteiger partial charge in [0.25, 0.3) is 0 Å². The second-order valence-electron chi connectivity index (χ2n) is 9.47. The van der Waals surface area contributed by atoms with Crippen LogP contribution in [-0.4, -0.2) is 39.8 Å². The van der Waals surface area contributed by atoms with E-state index in [4.69, 9.17) is 9.47 Å². The number of hydrogen-bond donors (Lipinski definition) is 1. The summed E-state index contributed by atoms with van der Waals surface area (Å²) >= 11 is -1.20. The van der Waals surface area contributed by atoms with Crippen LogP contribution in [0, 0.1) is 0 Å². The Balaban J connectivity index is 1.27. The third kappa shape index (κ3) is 9.35. The molecule has 0 radical (unpaired) electrons. The Hall–Kier alpha value is -3.85. The number of amides is 1. The fourth-order valence-corrected chi connectivity index (χ4v) is 5.26. The molecule has 214 valence electrons. The molecule has 1 N–H and O–H groups in total. The molecule has 0 saturated heterocycles. The molecule has 0 aliphatic heterocycles. The zero-order valence-corrected chi connectivity index (χ0v) is 24.4. The Labute approximate surface area is 245 Å². The van der Waals surface area contributed by atoms with E-state index in [1.807, 2.05) is 60.0 Å². The van der Waals surface area contributed by atoms with Crippen LogP contribution in [0.5, 0.6) is 5.75 Å². The van der Waals surface area contributed by atoms with Gasteiger partial charge in [0.05, 0.1) is 24.8 Å². The first-order chi connectivity index (χ1) is 20.1. The van der Waals surface area contributed by atoms with Crippen LogP contribution in [0.25, 0.3) is 17.2 Å². The van der Waals surface area contributed by atoms with E-state index >= 15 is 0 Å². The number of anilines is 1. The summed E-state index contributed by atoms with van der Waals surface area (Å²) < 4.78 is 26.0. The van der Waals surface area contributed by atoms with Gasteiger partial charge < -0.3 is 23.9 Å². The lowest BCUT2D eigenvalue weighted by Crippen LogP contribution is -2.10. The summed E-state index contributed by atoms with van der Waals surface area (Å²) in [6.07, 6.45) is 8.98. The van der Waals surface area contributed by atoms with Crippen molar-refractivity contribution in [1.82, 2.24) is 9.55 Å². The zero-order valence-electron chi connectivity index (χ0n) is 23.6. The van der Waals surface area contributed by atoms with Crippen molar-refractivity contribution in [3.05, 3.63) is 103 Å². The number of ether oxygens (including phenoxy) is 2. The summed E-state index contributed by atoms with van der Waals surface area (Å²) in [5.41, 5.74) is 4.60. The molecular formula is C33H37N3O4S. The molecule has 1 aromatic heterocycles. The summed E-state index contributed by atoms with van der Waals surface area (Å²) in [6, 6.07) is 23.1. The summed E-state index contributed by atoms with van der Waals surface area (Å²) in [6.45, 7) is 6.84. The molecule has 0 unspecified atom stereocenters. The second-order valence-corrected chi connectivity index (χ2v) is 10.9. The van der Waals surface area contributed by atoms with Crippen LogP contribution >= 0.6 is 0 Å². The fourth-order valence-electron chi connectivity index (χ4n) is 4.15. The highest BCUT2D eigenvalue weighted by molar-refractivity contribution is 7.90. The molecule has 8 heteroatoms. The van der Waals surface area contributed by atoms with Crippen molar-refractivity contribution < 1.29 is 18.8 Å². The first-order valence-corrected chi connectivity index (χ1v) is 15.2. The molecule has 0 bridgehead atoms. The summed E-state index contributed by atoms with van der Waals surface area (Å²) in [4.78, 5) is 17.4. The molecule has 7 nitrogen and oxygen atoms in total. The minimum Gasteiger partial charge on any atom is -0.611 e. The molecule has 4 aromatic rings. The average molecular weight is 572 g/mol. The van der Waals surface area contributed by atoms with Crippen molar-refractivity contribution in [2.75, 3.05) is 25.1 Å². The molecule has 1 amide bonds. The standard InChI is InChI=1S/C33H37N3O4S/c1-3-5-19-39-20-21-40-31-14-10-27(11-15-31)28-8-6-7-26(22-28)9-18-33(37)35-29-12-16-32(17-13-29)41(38)24-30-23-34-25-36(30)4-2/h6-18,22-23,25H,3-5,19-21,24H2,1-2H3,(H,35,37)/b18-9+/t41-/m1/s1. The van der Waals surface area contributed by atoms with Gasteiger partial charge >= 0.3 is 0 Å². The minimum atomic E-state index is -1.20. The van der Waals surface area contributed by atoms with Crippen molar-refractivity contribution in [2.45, 2.75) is 43.9 Å². The number of carbonyl (C=O) groups excluding carboxylic acids is 1. The number of nitrogens with zero attached hydrogens (tertiary/aromatic N) is 2. The summed E-state index contributed by atoms with van der Waals surface area (Å²) in [5, 5.41) is 2.86. The van der Waals surface area contributed by atoms with Crippen LogP contribution in [0.1, 0.15) is 37.9 Å². The number of imidazole rings is 1. The van der Waals surface area contributed by atoms with E-state index in [0.29, 0.717) is 29.5 Å². The highest BCUT2D eigenvalue weighted by atomic mass is 32.2. The number of aromatic nitrogens is 2. The van der Waals surface area contributed by atoms with Gasteiger partial charge in [-0.2, -0.15) is 0 Å². The van der Waals surface area contributed by atoms with E-state index in [0.717, 1.165) is 54.1 Å². The molecule has 1 atom stereocenters. The Bertz CT molecular complexity index is 1400. The molecule has 3 aromatic carbocycles. The molecular weight excluding hydrogens is 534 g/mol. The lowest BCUT2D eigenvalue weighted by molar-refractivity contribution is -0.111. The van der Waals surface area contributed by atoms with E-state index < -0.39 is 11.2 Å². The van der Waals surface area contributed by atoms with E-state index in [1.54, 1.807) is 42.9 Å². The first-order valence-electron chi connectivity index (χ1n) is 13.9. The van der Waals surface area contributed by atoms with Gasteiger partial charge in [0.2, 0.25) is 5.91 Å². The molecule has 0 aliphatic carbocycles. The average Bonchev–Trinajstić information content (AvgIpc) is 3.45. The molecule has 4 rings (SSSR count). The van der Waals surface area contributed by atoms with Crippen LogP contribution in [-0.2, 0) is 33.0 Å². The molecule has 0 fully saturated rings. The number of benzene rings is 3. The van der Waals surface area contributed by atoms with Crippen LogP contribution < -0.4 is 10.1 Å². The minimum absolute atomic E-state index is 0.240. The van der Waals surface area contributed by atoms with Crippen LogP contribution in [0.4, 0.5) is 5.69 Å². The molecule has 0 saturated carbocycles. The second kappa shape index (κ2) is 15.8. The first kappa shape index (κ1) is 30.1. The van der Waals surface area contributed by atoms with Crippen molar-refractivity contribution in [3.8, 4) is 16.9 Å². The maximum absolute atomic E-state index is 12.8. The topological polar surface area (TPSA) is 88.4 Å². The van der Waals surface area contributed by atoms with Gasteiger partial charge in [-0.3, -0.25) is 4.79 Å². The Kier molecular flexibility index (Phi) is 11.6. The molecule has 0 aliphatic rings. The molecule has 41 heavy (non-hydrogen) atoms. The van der Waals surface area contributed by atoms with Gasteiger partial charge in [0.1, 0.15) is 12.4 Å². The van der Waals surface area contributed by atoms with E-state index in [1.165, 1.54) is 6.08 Å². The third-order valence-electron chi connectivity index (χ3n) is 6.44. The number of hydrogen-bond acceptors (Lipinski definition) is 5. The number of unbranched alkanes of at least 4 members (excludes halogenated alkanes) is 1. The van der Waals surface area contributed by atoms with Gasteiger partial charge in [0, 0.05) is 24.9 Å². The fraction of sp³-hybridized carbons (Fsp3) is 0.273. The van der Waals surface area contributed by atoms with E-state index in [-0.39, 0.29) is 5.91 Å². The van der Waals surface area contributed by atoms with Crippen molar-refractivity contribution in [1.29, 1.82) is 0 Å². The highest BCUT2D eigenvalue weighted by Gasteiger charge is 2.15. The van der Waals surface area contributed by atoms with Crippen LogP contribution in [0.2, 0.25) is 0 Å². The van der Waals surface area contributed by atoms with Gasteiger partial charge in [-0.1, -0.05) is 43.7 Å².